The maximum absolute atomic E-state index is 14.9. The average molecular weight is 494 g/mol. The number of nitrogens with zero attached hydrogens (tertiary/aromatic N) is 3. The topological polar surface area (TPSA) is 71.8 Å². The minimum absolute atomic E-state index is 0.0588. The highest BCUT2D eigenvalue weighted by Gasteiger charge is 2.29. The van der Waals surface area contributed by atoms with E-state index in [1.165, 1.54) is 10.7 Å². The number of benzene rings is 3. The fraction of sp³-hybridized carbons (Fsp3) is 0.0800. The Morgan fingerprint density at radius 1 is 1.09 bits per heavy atom. The molecule has 1 amide bonds. The third-order valence-corrected chi connectivity index (χ3v) is 6.00. The molecule has 9 heteroatoms. The normalized spacial score (nSPS) is 14.7. The standard InChI is InChI=1S/C25H18Cl2FN5O/c1-14-8-10-15(11-9-14)20-13-21(22-18(27)6-3-7-19(22)28)33-25(29-20)31-24(32-33)30-23(34)16-4-2-5-17(26)12-16/h2-13,21H,1H3,(H2,29,30,31,32,34). The SMILES string of the molecule is Cc1ccc(C2=CC(c3c(F)cccc3Cl)n3nc(NC(=O)c4cccc(Cl)c4)nc3N2)cc1. The van der Waals surface area contributed by atoms with Crippen LogP contribution in [0.2, 0.25) is 10.0 Å². The molecule has 0 spiro atoms. The molecule has 3 aromatic carbocycles. The van der Waals surface area contributed by atoms with Crippen LogP contribution in [0.4, 0.5) is 16.3 Å². The lowest BCUT2D eigenvalue weighted by molar-refractivity contribution is 0.102. The second kappa shape index (κ2) is 8.93. The van der Waals surface area contributed by atoms with Gasteiger partial charge in [-0.05, 0) is 48.9 Å². The first-order valence-electron chi connectivity index (χ1n) is 10.4. The zero-order valence-corrected chi connectivity index (χ0v) is 19.4. The highest BCUT2D eigenvalue weighted by Crippen LogP contribution is 2.37. The van der Waals surface area contributed by atoms with Gasteiger partial charge in [-0.2, -0.15) is 4.98 Å². The van der Waals surface area contributed by atoms with Crippen molar-refractivity contribution in [2.24, 2.45) is 0 Å². The summed E-state index contributed by atoms with van der Waals surface area (Å²) in [6.45, 7) is 2.00. The van der Waals surface area contributed by atoms with E-state index in [1.54, 1.807) is 36.4 Å². The molecular formula is C25H18Cl2FN5O. The molecule has 2 heterocycles. The summed E-state index contributed by atoms with van der Waals surface area (Å²) in [6, 6.07) is 18.3. The molecule has 1 unspecified atom stereocenters. The van der Waals surface area contributed by atoms with Gasteiger partial charge in [-0.3, -0.25) is 10.1 Å². The molecule has 6 nitrogen and oxygen atoms in total. The molecule has 4 aromatic rings. The minimum Gasteiger partial charge on any atom is -0.324 e. The summed E-state index contributed by atoms with van der Waals surface area (Å²) in [4.78, 5) is 17.1. The Kier molecular flexibility index (Phi) is 5.81. The van der Waals surface area contributed by atoms with Crippen LogP contribution in [-0.2, 0) is 0 Å². The number of allylic oxidation sites excluding steroid dienone is 1. The number of nitrogens with one attached hydrogen (secondary N) is 2. The number of amides is 1. The molecule has 170 valence electrons. The number of halogens is 3. The van der Waals surface area contributed by atoms with Crippen LogP contribution in [0.15, 0.2) is 72.8 Å². The van der Waals surface area contributed by atoms with Gasteiger partial charge < -0.3 is 5.32 Å². The van der Waals surface area contributed by atoms with E-state index in [4.69, 9.17) is 23.2 Å². The molecule has 1 aromatic heterocycles. The average Bonchev–Trinajstić information content (AvgIpc) is 3.22. The van der Waals surface area contributed by atoms with E-state index in [9.17, 15) is 9.18 Å². The third-order valence-electron chi connectivity index (χ3n) is 5.44. The monoisotopic (exact) mass is 493 g/mol. The molecule has 0 fully saturated rings. The lowest BCUT2D eigenvalue weighted by atomic mass is 10.0. The van der Waals surface area contributed by atoms with Gasteiger partial charge in [0.05, 0.1) is 0 Å². The van der Waals surface area contributed by atoms with Gasteiger partial charge >= 0.3 is 0 Å². The molecule has 0 saturated heterocycles. The number of hydrogen-bond donors (Lipinski definition) is 2. The van der Waals surface area contributed by atoms with E-state index in [2.05, 4.69) is 20.7 Å². The summed E-state index contributed by atoms with van der Waals surface area (Å²) in [5.41, 5.74) is 3.34. The summed E-state index contributed by atoms with van der Waals surface area (Å²) in [5.74, 6) is -0.491. The second-order valence-corrected chi connectivity index (χ2v) is 8.66. The highest BCUT2D eigenvalue weighted by molar-refractivity contribution is 6.31. The first kappa shape index (κ1) is 22.1. The predicted octanol–water partition coefficient (Wildman–Crippen LogP) is 6.34. The summed E-state index contributed by atoms with van der Waals surface area (Å²) >= 11 is 12.4. The number of aromatic nitrogens is 3. The second-order valence-electron chi connectivity index (χ2n) is 7.82. The number of hydrogen-bond acceptors (Lipinski definition) is 4. The van der Waals surface area contributed by atoms with E-state index in [0.717, 1.165) is 16.8 Å². The fourth-order valence-electron chi connectivity index (χ4n) is 3.75. The smallest absolute Gasteiger partial charge is 0.258 e. The first-order valence-corrected chi connectivity index (χ1v) is 11.2. The van der Waals surface area contributed by atoms with Crippen LogP contribution < -0.4 is 10.6 Å². The molecule has 1 atom stereocenters. The number of anilines is 2. The number of fused-ring (bicyclic) bond motifs is 1. The van der Waals surface area contributed by atoms with Gasteiger partial charge in [-0.15, -0.1) is 5.10 Å². The van der Waals surface area contributed by atoms with Crippen LogP contribution in [0.3, 0.4) is 0 Å². The first-order chi connectivity index (χ1) is 16.4. The van der Waals surface area contributed by atoms with Crippen LogP contribution in [0, 0.1) is 12.7 Å². The van der Waals surface area contributed by atoms with Gasteiger partial charge in [0, 0.05) is 26.9 Å². The van der Waals surface area contributed by atoms with Crippen molar-refractivity contribution in [3.05, 3.63) is 111 Å². The van der Waals surface area contributed by atoms with Crippen molar-refractivity contribution in [2.75, 3.05) is 10.6 Å². The quantitative estimate of drug-likeness (QED) is 0.347. The number of rotatable bonds is 4. The minimum atomic E-state index is -0.689. The van der Waals surface area contributed by atoms with Crippen LogP contribution in [-0.4, -0.2) is 20.7 Å². The van der Waals surface area contributed by atoms with Crippen molar-refractivity contribution in [2.45, 2.75) is 13.0 Å². The van der Waals surface area contributed by atoms with E-state index >= 15 is 0 Å². The Bertz CT molecular complexity index is 1410. The maximum atomic E-state index is 14.9. The highest BCUT2D eigenvalue weighted by atomic mass is 35.5. The Labute approximate surface area is 205 Å². The van der Waals surface area contributed by atoms with Crippen molar-refractivity contribution in [3.63, 3.8) is 0 Å². The van der Waals surface area contributed by atoms with Gasteiger partial charge in [-0.1, -0.05) is 65.2 Å². The van der Waals surface area contributed by atoms with Gasteiger partial charge in [0.25, 0.3) is 11.9 Å². The van der Waals surface area contributed by atoms with Crippen LogP contribution >= 0.6 is 23.2 Å². The van der Waals surface area contributed by atoms with E-state index in [1.807, 2.05) is 37.3 Å². The Hall–Kier alpha value is -3.68. The maximum Gasteiger partial charge on any atom is 0.258 e. The number of carbonyl (C=O) groups is 1. The third kappa shape index (κ3) is 4.27. The van der Waals surface area contributed by atoms with Gasteiger partial charge in [0.1, 0.15) is 11.9 Å². The molecule has 1 aliphatic rings. The Morgan fingerprint density at radius 2 is 1.85 bits per heavy atom. The molecular weight excluding hydrogens is 476 g/mol. The summed E-state index contributed by atoms with van der Waals surface area (Å²) in [7, 11) is 0. The zero-order chi connectivity index (χ0) is 23.8. The summed E-state index contributed by atoms with van der Waals surface area (Å²) in [5, 5.41) is 11.0. The molecule has 2 N–H and O–H groups in total. The molecule has 0 saturated carbocycles. The summed E-state index contributed by atoms with van der Waals surface area (Å²) in [6.07, 6.45) is 1.83. The van der Waals surface area contributed by atoms with Gasteiger partial charge in [-0.25, -0.2) is 9.07 Å². The predicted molar refractivity (Wildman–Crippen MR) is 132 cm³/mol. The molecule has 5 rings (SSSR count). The number of aryl methyl sites for hydroxylation is 1. The lowest BCUT2D eigenvalue weighted by Crippen LogP contribution is -2.21. The van der Waals surface area contributed by atoms with Gasteiger partial charge in [0.15, 0.2) is 0 Å². The summed E-state index contributed by atoms with van der Waals surface area (Å²) < 4.78 is 16.4. The van der Waals surface area contributed by atoms with Crippen molar-refractivity contribution in [3.8, 4) is 0 Å². The Morgan fingerprint density at radius 3 is 2.59 bits per heavy atom. The zero-order valence-electron chi connectivity index (χ0n) is 17.9. The molecule has 0 bridgehead atoms. The lowest BCUT2D eigenvalue weighted by Gasteiger charge is -2.25. The molecule has 1 aliphatic heterocycles. The van der Waals surface area contributed by atoms with Crippen LogP contribution in [0.5, 0.6) is 0 Å². The molecule has 34 heavy (non-hydrogen) atoms. The Balaban J connectivity index is 1.55. The van der Waals surface area contributed by atoms with Crippen LogP contribution in [0.1, 0.15) is 33.1 Å². The van der Waals surface area contributed by atoms with Crippen molar-refractivity contribution in [1.82, 2.24) is 14.8 Å². The molecule has 0 aliphatic carbocycles. The van der Waals surface area contributed by atoms with Crippen molar-refractivity contribution in [1.29, 1.82) is 0 Å². The van der Waals surface area contributed by atoms with E-state index in [0.29, 0.717) is 16.5 Å². The van der Waals surface area contributed by atoms with E-state index in [-0.39, 0.29) is 16.5 Å². The number of carbonyl (C=O) groups excluding carboxylic acids is 1. The fourth-order valence-corrected chi connectivity index (χ4v) is 4.21. The van der Waals surface area contributed by atoms with E-state index < -0.39 is 17.8 Å². The van der Waals surface area contributed by atoms with Crippen molar-refractivity contribution >= 4 is 46.7 Å². The molecule has 0 radical (unpaired) electrons. The van der Waals surface area contributed by atoms with Crippen molar-refractivity contribution < 1.29 is 9.18 Å². The van der Waals surface area contributed by atoms with Gasteiger partial charge in [0.2, 0.25) is 5.95 Å². The largest absolute Gasteiger partial charge is 0.324 e. The van der Waals surface area contributed by atoms with Crippen LogP contribution in [0.25, 0.3) is 5.70 Å².